The van der Waals surface area contributed by atoms with Crippen molar-refractivity contribution in [1.29, 1.82) is 0 Å². The first kappa shape index (κ1) is 16.1. The first-order valence-electron chi connectivity index (χ1n) is 8.94. The number of hydrogen-bond acceptors (Lipinski definition) is 4. The molecule has 4 rings (SSSR count). The van der Waals surface area contributed by atoms with Crippen LogP contribution in [0.15, 0.2) is 24.9 Å². The molecule has 0 spiro atoms. The quantitative estimate of drug-likeness (QED) is 0.844. The molecule has 2 aromatic rings. The van der Waals surface area contributed by atoms with Crippen molar-refractivity contribution in [3.05, 3.63) is 36.2 Å². The normalized spacial score (nSPS) is 22.6. The minimum Gasteiger partial charge on any atom is -0.377 e. The Kier molecular flexibility index (Phi) is 4.69. The predicted octanol–water partition coefficient (Wildman–Crippen LogP) is 0.898. The molecule has 1 fully saturated rings. The van der Waals surface area contributed by atoms with Crippen LogP contribution in [0.3, 0.4) is 0 Å². The molecule has 0 aromatic carbocycles. The van der Waals surface area contributed by atoms with Crippen molar-refractivity contribution >= 4 is 6.03 Å². The molecular formula is C17H24N6O2. The maximum atomic E-state index is 12.2. The zero-order chi connectivity index (χ0) is 17.1. The van der Waals surface area contributed by atoms with E-state index in [2.05, 4.69) is 25.4 Å². The lowest BCUT2D eigenvalue weighted by atomic mass is 10.1. The SMILES string of the molecule is O=C(NCCc1cnn2c1CCCC2)N[C@@H]1COC[C@@H]1n1ccnc1. The highest BCUT2D eigenvalue weighted by atomic mass is 16.5. The number of ether oxygens (including phenoxy) is 1. The first-order chi connectivity index (χ1) is 12.3. The Hall–Kier alpha value is -2.35. The van der Waals surface area contributed by atoms with Crippen molar-refractivity contribution in [1.82, 2.24) is 30.0 Å². The fourth-order valence-corrected chi connectivity index (χ4v) is 3.66. The van der Waals surface area contributed by atoms with Crippen LogP contribution in [-0.2, 0) is 24.1 Å². The van der Waals surface area contributed by atoms with Crippen molar-refractivity contribution < 1.29 is 9.53 Å². The summed E-state index contributed by atoms with van der Waals surface area (Å²) in [7, 11) is 0. The number of fused-ring (bicyclic) bond motifs is 1. The molecule has 25 heavy (non-hydrogen) atoms. The number of aromatic nitrogens is 4. The van der Waals surface area contributed by atoms with Crippen LogP contribution in [0, 0.1) is 0 Å². The Balaban J connectivity index is 1.26. The van der Waals surface area contributed by atoms with Crippen LogP contribution in [0.2, 0.25) is 0 Å². The van der Waals surface area contributed by atoms with Gasteiger partial charge in [-0.05, 0) is 31.2 Å². The second-order valence-corrected chi connectivity index (χ2v) is 6.67. The average molecular weight is 344 g/mol. The molecule has 2 N–H and O–H groups in total. The van der Waals surface area contributed by atoms with E-state index in [1.165, 1.54) is 24.1 Å². The van der Waals surface area contributed by atoms with Crippen LogP contribution in [0.4, 0.5) is 4.79 Å². The highest BCUT2D eigenvalue weighted by Crippen LogP contribution is 2.19. The van der Waals surface area contributed by atoms with Gasteiger partial charge in [-0.3, -0.25) is 4.68 Å². The summed E-state index contributed by atoms with van der Waals surface area (Å²) in [5, 5.41) is 10.4. The van der Waals surface area contributed by atoms with Gasteiger partial charge in [0.05, 0.1) is 37.8 Å². The third-order valence-corrected chi connectivity index (χ3v) is 5.02. The molecule has 8 heteroatoms. The van der Waals surface area contributed by atoms with E-state index in [-0.39, 0.29) is 18.1 Å². The molecule has 134 valence electrons. The Morgan fingerprint density at radius 3 is 3.20 bits per heavy atom. The number of rotatable bonds is 5. The van der Waals surface area contributed by atoms with Crippen LogP contribution in [0.1, 0.15) is 30.1 Å². The van der Waals surface area contributed by atoms with E-state index in [0.29, 0.717) is 19.8 Å². The van der Waals surface area contributed by atoms with E-state index in [4.69, 9.17) is 4.74 Å². The Bertz CT molecular complexity index is 711. The molecule has 2 aromatic heterocycles. The summed E-state index contributed by atoms with van der Waals surface area (Å²) in [6.45, 7) is 2.73. The Labute approximate surface area is 146 Å². The fourth-order valence-electron chi connectivity index (χ4n) is 3.66. The van der Waals surface area contributed by atoms with Gasteiger partial charge in [0.15, 0.2) is 0 Å². The van der Waals surface area contributed by atoms with Gasteiger partial charge in [0.2, 0.25) is 0 Å². The number of nitrogens with one attached hydrogen (secondary N) is 2. The summed E-state index contributed by atoms with van der Waals surface area (Å²) in [5.74, 6) is 0. The predicted molar refractivity (Wildman–Crippen MR) is 91.3 cm³/mol. The molecule has 0 aliphatic carbocycles. The van der Waals surface area contributed by atoms with E-state index in [0.717, 1.165) is 19.4 Å². The van der Waals surface area contributed by atoms with Gasteiger partial charge >= 0.3 is 6.03 Å². The van der Waals surface area contributed by atoms with Gasteiger partial charge in [-0.1, -0.05) is 0 Å². The molecule has 8 nitrogen and oxygen atoms in total. The van der Waals surface area contributed by atoms with Crippen molar-refractivity contribution in [3.63, 3.8) is 0 Å². The highest BCUT2D eigenvalue weighted by Gasteiger charge is 2.30. The zero-order valence-corrected chi connectivity index (χ0v) is 14.2. The smallest absolute Gasteiger partial charge is 0.315 e. The number of urea groups is 1. The molecular weight excluding hydrogens is 320 g/mol. The van der Waals surface area contributed by atoms with E-state index in [1.807, 2.05) is 17.0 Å². The molecule has 0 saturated carbocycles. The van der Waals surface area contributed by atoms with Crippen molar-refractivity contribution in [2.75, 3.05) is 19.8 Å². The van der Waals surface area contributed by atoms with Gasteiger partial charge in [-0.2, -0.15) is 5.10 Å². The third kappa shape index (κ3) is 3.53. The maximum absolute atomic E-state index is 12.2. The summed E-state index contributed by atoms with van der Waals surface area (Å²) < 4.78 is 9.60. The second-order valence-electron chi connectivity index (χ2n) is 6.67. The molecule has 2 atom stereocenters. The van der Waals surface area contributed by atoms with Gasteiger partial charge in [0, 0.05) is 31.2 Å². The van der Waals surface area contributed by atoms with Crippen LogP contribution in [0.25, 0.3) is 0 Å². The van der Waals surface area contributed by atoms with E-state index < -0.39 is 0 Å². The van der Waals surface area contributed by atoms with Crippen molar-refractivity contribution in [2.45, 2.75) is 44.3 Å². The number of carbonyl (C=O) groups is 1. The second kappa shape index (κ2) is 7.26. The van der Waals surface area contributed by atoms with Crippen molar-refractivity contribution in [2.24, 2.45) is 0 Å². The lowest BCUT2D eigenvalue weighted by Crippen LogP contribution is -2.46. The monoisotopic (exact) mass is 344 g/mol. The molecule has 0 radical (unpaired) electrons. The molecule has 2 aliphatic heterocycles. The molecule has 0 bridgehead atoms. The lowest BCUT2D eigenvalue weighted by Gasteiger charge is -2.20. The lowest BCUT2D eigenvalue weighted by molar-refractivity contribution is 0.182. The van der Waals surface area contributed by atoms with Crippen LogP contribution in [-0.4, -0.2) is 51.2 Å². The molecule has 2 aliphatic rings. The Morgan fingerprint density at radius 1 is 1.36 bits per heavy atom. The Morgan fingerprint density at radius 2 is 2.32 bits per heavy atom. The molecule has 1 saturated heterocycles. The topological polar surface area (TPSA) is 86.0 Å². The summed E-state index contributed by atoms with van der Waals surface area (Å²) in [4.78, 5) is 16.3. The number of carbonyl (C=O) groups excluding carboxylic acids is 1. The number of imidazole rings is 1. The highest BCUT2D eigenvalue weighted by molar-refractivity contribution is 5.74. The summed E-state index contributed by atoms with van der Waals surface area (Å²) in [6.07, 6.45) is 11.7. The molecule has 0 unspecified atom stereocenters. The summed E-state index contributed by atoms with van der Waals surface area (Å²) in [6, 6.07) is -0.101. The minimum absolute atomic E-state index is 0.0434. The van der Waals surface area contributed by atoms with E-state index >= 15 is 0 Å². The summed E-state index contributed by atoms with van der Waals surface area (Å²) in [5.41, 5.74) is 2.58. The maximum Gasteiger partial charge on any atom is 0.315 e. The van der Waals surface area contributed by atoms with Gasteiger partial charge in [-0.25, -0.2) is 9.78 Å². The van der Waals surface area contributed by atoms with E-state index in [1.54, 1.807) is 12.5 Å². The van der Waals surface area contributed by atoms with Gasteiger partial charge in [0.25, 0.3) is 0 Å². The van der Waals surface area contributed by atoms with Gasteiger partial charge < -0.3 is 19.9 Å². The largest absolute Gasteiger partial charge is 0.377 e. The van der Waals surface area contributed by atoms with Gasteiger partial charge in [-0.15, -0.1) is 0 Å². The van der Waals surface area contributed by atoms with Crippen molar-refractivity contribution in [3.8, 4) is 0 Å². The fraction of sp³-hybridized carbons (Fsp3) is 0.588. The molecule has 4 heterocycles. The standard InChI is InChI=1S/C17H24N6O2/c24-17(21-14-10-25-11-16(14)22-8-6-18-12-22)19-5-4-13-9-20-23-7-2-1-3-15(13)23/h6,8-9,12,14,16H,1-5,7,10-11H2,(H2,19,21,24)/t14-,16+/m1/s1. The van der Waals surface area contributed by atoms with Crippen LogP contribution in [0.5, 0.6) is 0 Å². The van der Waals surface area contributed by atoms with E-state index in [9.17, 15) is 4.79 Å². The number of hydrogen-bond donors (Lipinski definition) is 2. The van der Waals surface area contributed by atoms with Gasteiger partial charge in [0.1, 0.15) is 0 Å². The molecule has 2 amide bonds. The summed E-state index contributed by atoms with van der Waals surface area (Å²) >= 11 is 0. The van der Waals surface area contributed by atoms with Crippen LogP contribution >= 0.6 is 0 Å². The number of amides is 2. The van der Waals surface area contributed by atoms with Crippen LogP contribution < -0.4 is 10.6 Å². The third-order valence-electron chi connectivity index (χ3n) is 5.02. The number of aryl methyl sites for hydroxylation is 1. The number of nitrogens with zero attached hydrogens (tertiary/aromatic N) is 4. The first-order valence-corrected chi connectivity index (χ1v) is 8.94. The average Bonchev–Trinajstić information content (AvgIpc) is 3.35. The minimum atomic E-state index is -0.151. The zero-order valence-electron chi connectivity index (χ0n) is 14.2.